The van der Waals surface area contributed by atoms with Crippen molar-refractivity contribution in [2.45, 2.75) is 19.0 Å². The van der Waals surface area contributed by atoms with Gasteiger partial charge in [-0.15, -0.1) is 0 Å². The first-order valence-electron chi connectivity index (χ1n) is 4.66. The van der Waals surface area contributed by atoms with Gasteiger partial charge in [0.25, 0.3) is 6.43 Å². The van der Waals surface area contributed by atoms with E-state index < -0.39 is 12.0 Å². The second-order valence-electron chi connectivity index (χ2n) is 3.51. The van der Waals surface area contributed by atoms with Crippen molar-refractivity contribution < 1.29 is 23.4 Å². The zero-order valence-corrected chi connectivity index (χ0v) is 9.33. The van der Waals surface area contributed by atoms with E-state index >= 15 is 0 Å². The first kappa shape index (κ1) is 12.7. The van der Waals surface area contributed by atoms with Gasteiger partial charge in [0.1, 0.15) is 11.5 Å². The molecule has 1 N–H and O–H groups in total. The Hall–Kier alpha value is -1.36. The minimum atomic E-state index is -2.91. The van der Waals surface area contributed by atoms with E-state index in [2.05, 4.69) is 0 Å². The Morgan fingerprint density at radius 2 is 1.88 bits per heavy atom. The molecule has 1 unspecified atom stereocenters. The average molecular weight is 232 g/mol. The molecule has 0 spiro atoms. The number of halogens is 2. The quantitative estimate of drug-likeness (QED) is 0.864. The maximum Gasteiger partial charge on any atom is 0.270 e. The molecule has 0 bridgehead atoms. The lowest BCUT2D eigenvalue weighted by Crippen LogP contribution is -2.30. The third-order valence-electron chi connectivity index (χ3n) is 2.38. The van der Waals surface area contributed by atoms with Crippen LogP contribution in [0.5, 0.6) is 11.5 Å². The summed E-state index contributed by atoms with van der Waals surface area (Å²) in [6, 6.07) is 4.39. The molecule has 0 aliphatic heterocycles. The molecule has 1 aromatic rings. The number of hydrogen-bond acceptors (Lipinski definition) is 3. The number of rotatable bonds is 4. The molecule has 1 atom stereocenters. The Morgan fingerprint density at radius 3 is 2.31 bits per heavy atom. The van der Waals surface area contributed by atoms with Crippen LogP contribution in [0.3, 0.4) is 0 Å². The molecule has 0 aliphatic carbocycles. The lowest BCUT2D eigenvalue weighted by Gasteiger charge is -2.25. The molecule has 0 aliphatic rings. The maximum absolute atomic E-state index is 12.7. The highest BCUT2D eigenvalue weighted by Crippen LogP contribution is 2.36. The Balaban J connectivity index is 3.28. The highest BCUT2D eigenvalue weighted by molar-refractivity contribution is 5.43. The number of hydrogen-bond donors (Lipinski definition) is 1. The van der Waals surface area contributed by atoms with E-state index in [4.69, 9.17) is 9.47 Å². The first-order chi connectivity index (χ1) is 7.43. The fourth-order valence-corrected chi connectivity index (χ4v) is 1.33. The van der Waals surface area contributed by atoms with Gasteiger partial charge in [0, 0.05) is 5.56 Å². The van der Waals surface area contributed by atoms with E-state index in [1.54, 1.807) is 6.07 Å². The molecule has 16 heavy (non-hydrogen) atoms. The number of ether oxygens (including phenoxy) is 2. The SMILES string of the molecule is COc1ccc(OC)c(C(C)(O)C(F)F)c1. The summed E-state index contributed by atoms with van der Waals surface area (Å²) in [4.78, 5) is 0. The zero-order valence-electron chi connectivity index (χ0n) is 9.33. The summed E-state index contributed by atoms with van der Waals surface area (Å²) in [6.07, 6.45) is -2.91. The van der Waals surface area contributed by atoms with Crippen LogP contribution >= 0.6 is 0 Å². The van der Waals surface area contributed by atoms with Gasteiger partial charge in [-0.2, -0.15) is 0 Å². The van der Waals surface area contributed by atoms with Gasteiger partial charge >= 0.3 is 0 Å². The standard InChI is InChI=1S/C11H14F2O3/c1-11(14,10(12)13)8-6-7(15-2)4-5-9(8)16-3/h4-6,10,14H,1-3H3. The molecule has 0 saturated carbocycles. The van der Waals surface area contributed by atoms with E-state index in [1.165, 1.54) is 26.4 Å². The minimum absolute atomic E-state index is 0.00403. The number of alkyl halides is 2. The van der Waals surface area contributed by atoms with Crippen molar-refractivity contribution in [3.8, 4) is 11.5 Å². The average Bonchev–Trinajstić information content (AvgIpc) is 2.27. The van der Waals surface area contributed by atoms with Gasteiger partial charge in [-0.05, 0) is 25.1 Å². The van der Waals surface area contributed by atoms with Crippen LogP contribution in [0.4, 0.5) is 8.78 Å². The van der Waals surface area contributed by atoms with Gasteiger partial charge in [-0.1, -0.05) is 0 Å². The normalized spacial score (nSPS) is 14.7. The van der Waals surface area contributed by atoms with E-state index in [-0.39, 0.29) is 11.3 Å². The molecule has 0 fully saturated rings. The van der Waals surface area contributed by atoms with Crippen molar-refractivity contribution in [2.24, 2.45) is 0 Å². The zero-order chi connectivity index (χ0) is 12.3. The molecular formula is C11H14F2O3. The van der Waals surface area contributed by atoms with Crippen molar-refractivity contribution >= 4 is 0 Å². The van der Waals surface area contributed by atoms with E-state index in [9.17, 15) is 13.9 Å². The van der Waals surface area contributed by atoms with Gasteiger partial charge in [-0.3, -0.25) is 0 Å². The third kappa shape index (κ3) is 2.24. The highest BCUT2D eigenvalue weighted by atomic mass is 19.3. The van der Waals surface area contributed by atoms with E-state index in [1.807, 2.05) is 0 Å². The second kappa shape index (κ2) is 4.65. The molecule has 1 aromatic carbocycles. The molecule has 0 amide bonds. The molecule has 90 valence electrons. The molecular weight excluding hydrogens is 218 g/mol. The lowest BCUT2D eigenvalue weighted by molar-refractivity contribution is -0.0894. The van der Waals surface area contributed by atoms with Crippen LogP contribution in [0, 0.1) is 0 Å². The van der Waals surface area contributed by atoms with Crippen molar-refractivity contribution in [1.82, 2.24) is 0 Å². The Morgan fingerprint density at radius 1 is 1.25 bits per heavy atom. The van der Waals surface area contributed by atoms with E-state index in [0.29, 0.717) is 5.75 Å². The first-order valence-corrected chi connectivity index (χ1v) is 4.66. The van der Waals surface area contributed by atoms with Crippen LogP contribution in [-0.4, -0.2) is 25.8 Å². The third-order valence-corrected chi connectivity index (χ3v) is 2.38. The predicted molar refractivity (Wildman–Crippen MR) is 55.1 cm³/mol. The summed E-state index contributed by atoms with van der Waals surface area (Å²) in [7, 11) is 2.77. The summed E-state index contributed by atoms with van der Waals surface area (Å²) in [5.74, 6) is 0.586. The monoisotopic (exact) mass is 232 g/mol. The van der Waals surface area contributed by atoms with Gasteiger partial charge in [0.05, 0.1) is 14.2 Å². The molecule has 3 nitrogen and oxygen atoms in total. The van der Waals surface area contributed by atoms with Gasteiger partial charge in [0.15, 0.2) is 5.60 Å². The smallest absolute Gasteiger partial charge is 0.270 e. The van der Waals surface area contributed by atoms with Gasteiger partial charge in [-0.25, -0.2) is 8.78 Å². The summed E-state index contributed by atoms with van der Waals surface area (Å²) >= 11 is 0. The maximum atomic E-state index is 12.7. The van der Waals surface area contributed by atoms with Crippen LogP contribution < -0.4 is 9.47 Å². The summed E-state index contributed by atoms with van der Waals surface area (Å²) in [5, 5.41) is 9.71. The Labute approximate surface area is 92.6 Å². The van der Waals surface area contributed by atoms with Crippen LogP contribution in [0.15, 0.2) is 18.2 Å². The molecule has 1 rings (SSSR count). The Kier molecular flexibility index (Phi) is 3.70. The fourth-order valence-electron chi connectivity index (χ4n) is 1.33. The van der Waals surface area contributed by atoms with Crippen LogP contribution in [0.25, 0.3) is 0 Å². The van der Waals surface area contributed by atoms with Crippen molar-refractivity contribution in [1.29, 1.82) is 0 Å². The summed E-state index contributed by atoms with van der Waals surface area (Å²) in [5.41, 5.74) is -2.26. The largest absolute Gasteiger partial charge is 0.497 e. The number of benzene rings is 1. The van der Waals surface area contributed by atoms with Crippen molar-refractivity contribution in [2.75, 3.05) is 14.2 Å². The second-order valence-corrected chi connectivity index (χ2v) is 3.51. The predicted octanol–water partition coefficient (Wildman–Crippen LogP) is 2.18. The Bertz CT molecular complexity index is 364. The fraction of sp³-hybridized carbons (Fsp3) is 0.455. The van der Waals surface area contributed by atoms with Crippen LogP contribution in [-0.2, 0) is 5.60 Å². The van der Waals surface area contributed by atoms with E-state index in [0.717, 1.165) is 6.92 Å². The summed E-state index contributed by atoms with van der Waals surface area (Å²) < 4.78 is 35.3. The topological polar surface area (TPSA) is 38.7 Å². The number of aliphatic hydroxyl groups is 1. The van der Waals surface area contributed by atoms with Gasteiger partial charge < -0.3 is 14.6 Å². The van der Waals surface area contributed by atoms with Gasteiger partial charge in [0.2, 0.25) is 0 Å². The highest BCUT2D eigenvalue weighted by Gasteiger charge is 2.37. The van der Waals surface area contributed by atoms with Crippen LogP contribution in [0.2, 0.25) is 0 Å². The van der Waals surface area contributed by atoms with Crippen LogP contribution in [0.1, 0.15) is 12.5 Å². The molecule has 5 heteroatoms. The summed E-state index contributed by atoms with van der Waals surface area (Å²) in [6.45, 7) is 1.04. The van der Waals surface area contributed by atoms with Crippen molar-refractivity contribution in [3.05, 3.63) is 23.8 Å². The number of methoxy groups -OCH3 is 2. The molecule has 0 saturated heterocycles. The molecule has 0 radical (unpaired) electrons. The minimum Gasteiger partial charge on any atom is -0.497 e. The van der Waals surface area contributed by atoms with Crippen molar-refractivity contribution in [3.63, 3.8) is 0 Å². The lowest BCUT2D eigenvalue weighted by atomic mass is 9.95. The molecule has 0 aromatic heterocycles. The molecule has 0 heterocycles.